The van der Waals surface area contributed by atoms with Crippen LogP contribution in [0.4, 0.5) is 4.79 Å². The van der Waals surface area contributed by atoms with Crippen molar-refractivity contribution in [2.24, 2.45) is 0 Å². The number of benzene rings is 1. The topological polar surface area (TPSA) is 74.8 Å². The van der Waals surface area contributed by atoms with Crippen molar-refractivity contribution in [1.82, 2.24) is 9.80 Å². The lowest BCUT2D eigenvalue weighted by molar-refractivity contribution is -0.143. The fourth-order valence-corrected chi connectivity index (χ4v) is 2.59. The summed E-state index contributed by atoms with van der Waals surface area (Å²) in [5.74, 6) is -1.80. The first-order valence-corrected chi connectivity index (χ1v) is 8.10. The molecular weight excluding hydrogens is 308 g/mol. The first-order chi connectivity index (χ1) is 11.3. The van der Waals surface area contributed by atoms with E-state index < -0.39 is 30.4 Å². The van der Waals surface area contributed by atoms with Gasteiger partial charge in [0.15, 0.2) is 5.78 Å². The maximum Gasteiger partial charge on any atom is 0.334 e. The molecule has 0 aromatic heterocycles. The molecule has 1 fully saturated rings. The summed E-state index contributed by atoms with van der Waals surface area (Å²) in [5, 5.41) is 0. The molecule has 6 nitrogen and oxygen atoms in total. The number of carbonyl (C=O) groups is 4. The summed E-state index contributed by atoms with van der Waals surface area (Å²) < 4.78 is 0. The van der Waals surface area contributed by atoms with Crippen molar-refractivity contribution < 1.29 is 19.2 Å². The Morgan fingerprint density at radius 1 is 1.00 bits per heavy atom. The molecule has 1 aromatic rings. The number of hydrogen-bond acceptors (Lipinski definition) is 4. The summed E-state index contributed by atoms with van der Waals surface area (Å²) in [6, 6.07) is 5.98. The molecule has 6 heteroatoms. The van der Waals surface area contributed by atoms with Crippen molar-refractivity contribution in [2.75, 3.05) is 6.54 Å². The Kier molecular flexibility index (Phi) is 5.17. The van der Waals surface area contributed by atoms with Gasteiger partial charge in [-0.2, -0.15) is 0 Å². The summed E-state index contributed by atoms with van der Waals surface area (Å²) in [4.78, 5) is 49.9. The monoisotopic (exact) mass is 330 g/mol. The van der Waals surface area contributed by atoms with Crippen LogP contribution in [0.5, 0.6) is 0 Å². The van der Waals surface area contributed by atoms with E-state index in [1.165, 1.54) is 0 Å². The van der Waals surface area contributed by atoms with E-state index in [9.17, 15) is 19.2 Å². The van der Waals surface area contributed by atoms with E-state index in [0.29, 0.717) is 16.4 Å². The van der Waals surface area contributed by atoms with Gasteiger partial charge in [-0.15, -0.1) is 0 Å². The lowest BCUT2D eigenvalue weighted by Gasteiger charge is -2.18. The summed E-state index contributed by atoms with van der Waals surface area (Å²) in [5.41, 5.74) is 1.54. The van der Waals surface area contributed by atoms with E-state index in [-0.39, 0.29) is 5.78 Å². The average Bonchev–Trinajstić information content (AvgIpc) is 2.77. The van der Waals surface area contributed by atoms with Crippen molar-refractivity contribution in [3.8, 4) is 0 Å². The van der Waals surface area contributed by atoms with Gasteiger partial charge in [-0.05, 0) is 31.7 Å². The van der Waals surface area contributed by atoms with Crippen LogP contribution in [0.15, 0.2) is 24.3 Å². The van der Waals surface area contributed by atoms with Gasteiger partial charge in [0.25, 0.3) is 0 Å². The number of ketones is 1. The molecule has 0 N–H and O–H groups in total. The van der Waals surface area contributed by atoms with Crippen LogP contribution in [0.1, 0.15) is 56.0 Å². The number of rotatable bonds is 6. The van der Waals surface area contributed by atoms with E-state index >= 15 is 0 Å². The molecule has 128 valence electrons. The number of nitrogens with zero attached hydrogens (tertiary/aromatic N) is 2. The third kappa shape index (κ3) is 3.22. The van der Waals surface area contributed by atoms with Crippen molar-refractivity contribution in [1.29, 1.82) is 0 Å². The van der Waals surface area contributed by atoms with Crippen molar-refractivity contribution >= 4 is 23.6 Å². The van der Waals surface area contributed by atoms with Gasteiger partial charge in [0.05, 0.1) is 6.54 Å². The predicted octanol–water partition coefficient (Wildman–Crippen LogP) is 2.58. The highest BCUT2D eigenvalue weighted by molar-refractivity contribution is 6.45. The molecule has 1 aliphatic heterocycles. The summed E-state index contributed by atoms with van der Waals surface area (Å²) >= 11 is 0. The number of amides is 4. The normalized spacial score (nSPS) is 16.3. The number of Topliss-reactive ketones (excluding diaryl/α,β-unsaturated/α-hetero) is 1. The van der Waals surface area contributed by atoms with Crippen LogP contribution in [0.25, 0.3) is 0 Å². The second-order valence-corrected chi connectivity index (χ2v) is 6.30. The lowest BCUT2D eigenvalue weighted by atomic mass is 9.97. The van der Waals surface area contributed by atoms with Crippen LogP contribution in [-0.2, 0) is 9.59 Å². The van der Waals surface area contributed by atoms with E-state index in [0.717, 1.165) is 16.9 Å². The number of imide groups is 2. The molecule has 1 aromatic carbocycles. The molecule has 1 atom stereocenters. The molecule has 0 aliphatic carbocycles. The van der Waals surface area contributed by atoms with Gasteiger partial charge in [0.2, 0.25) is 0 Å². The van der Waals surface area contributed by atoms with E-state index in [1.807, 2.05) is 12.1 Å². The second-order valence-electron chi connectivity index (χ2n) is 6.30. The third-order valence-corrected chi connectivity index (χ3v) is 4.32. The highest BCUT2D eigenvalue weighted by atomic mass is 16.2. The third-order valence-electron chi connectivity index (χ3n) is 4.32. The molecule has 1 aliphatic rings. The number of hydrogen-bond donors (Lipinski definition) is 0. The highest BCUT2D eigenvalue weighted by Gasteiger charge is 2.46. The Morgan fingerprint density at radius 2 is 1.58 bits per heavy atom. The van der Waals surface area contributed by atoms with Crippen LogP contribution in [0.3, 0.4) is 0 Å². The molecule has 2 rings (SSSR count). The molecule has 24 heavy (non-hydrogen) atoms. The molecule has 0 radical (unpaired) electrons. The standard InChI is InChI=1S/C18H22N2O4/c1-5-12(4)13-6-8-14(9-7-13)15(21)10-19-16(22)17(23)20(11(2)3)18(19)24/h6-9,11-12H,5,10H2,1-4H3. The second kappa shape index (κ2) is 6.95. The highest BCUT2D eigenvalue weighted by Crippen LogP contribution is 2.20. The van der Waals surface area contributed by atoms with Crippen molar-refractivity contribution in [3.05, 3.63) is 35.4 Å². The Labute approximate surface area is 141 Å². The quantitative estimate of drug-likeness (QED) is 0.456. The minimum Gasteiger partial charge on any atom is -0.292 e. The van der Waals surface area contributed by atoms with Crippen LogP contribution >= 0.6 is 0 Å². The number of carbonyl (C=O) groups excluding carboxylic acids is 4. The van der Waals surface area contributed by atoms with Crippen LogP contribution in [-0.4, -0.2) is 46.0 Å². The van der Waals surface area contributed by atoms with E-state index in [2.05, 4.69) is 13.8 Å². The first-order valence-electron chi connectivity index (χ1n) is 8.10. The maximum atomic E-state index is 12.3. The summed E-state index contributed by atoms with van der Waals surface area (Å²) in [7, 11) is 0. The smallest absolute Gasteiger partial charge is 0.292 e. The fraction of sp³-hybridized carbons (Fsp3) is 0.444. The van der Waals surface area contributed by atoms with E-state index in [1.54, 1.807) is 26.0 Å². The lowest BCUT2D eigenvalue weighted by Crippen LogP contribution is -2.39. The van der Waals surface area contributed by atoms with Gasteiger partial charge in [-0.25, -0.2) is 9.69 Å². The SMILES string of the molecule is CCC(C)c1ccc(C(=O)CN2C(=O)C(=O)N(C(C)C)C2=O)cc1. The zero-order chi connectivity index (χ0) is 18.0. The minimum atomic E-state index is -0.946. The molecule has 1 heterocycles. The number of urea groups is 1. The molecular formula is C18H22N2O4. The molecule has 1 saturated heterocycles. The van der Waals surface area contributed by atoms with E-state index in [4.69, 9.17) is 0 Å². The molecule has 0 spiro atoms. The molecule has 4 amide bonds. The maximum absolute atomic E-state index is 12.3. The Balaban J connectivity index is 2.13. The van der Waals surface area contributed by atoms with Crippen molar-refractivity contribution in [3.63, 3.8) is 0 Å². The van der Waals surface area contributed by atoms with Crippen LogP contribution < -0.4 is 0 Å². The largest absolute Gasteiger partial charge is 0.334 e. The van der Waals surface area contributed by atoms with Gasteiger partial charge in [-0.3, -0.25) is 19.3 Å². The fourth-order valence-electron chi connectivity index (χ4n) is 2.59. The predicted molar refractivity (Wildman–Crippen MR) is 88.6 cm³/mol. The van der Waals surface area contributed by atoms with Gasteiger partial charge in [-0.1, -0.05) is 38.1 Å². The van der Waals surface area contributed by atoms with Gasteiger partial charge in [0, 0.05) is 11.6 Å². The van der Waals surface area contributed by atoms with Gasteiger partial charge >= 0.3 is 17.8 Å². The Morgan fingerprint density at radius 3 is 2.04 bits per heavy atom. The minimum absolute atomic E-state index is 0.370. The summed E-state index contributed by atoms with van der Waals surface area (Å²) in [6.45, 7) is 7.05. The zero-order valence-electron chi connectivity index (χ0n) is 14.4. The van der Waals surface area contributed by atoms with Crippen molar-refractivity contribution in [2.45, 2.75) is 46.1 Å². The summed E-state index contributed by atoms with van der Waals surface area (Å²) in [6.07, 6.45) is 0.997. The molecule has 0 saturated carbocycles. The van der Waals surface area contributed by atoms with Gasteiger partial charge < -0.3 is 0 Å². The average molecular weight is 330 g/mol. The first kappa shape index (κ1) is 17.8. The molecule has 0 bridgehead atoms. The van der Waals surface area contributed by atoms with Crippen LogP contribution in [0, 0.1) is 0 Å². The molecule has 1 unspecified atom stereocenters. The zero-order valence-corrected chi connectivity index (χ0v) is 14.4. The van der Waals surface area contributed by atoms with Crippen LogP contribution in [0.2, 0.25) is 0 Å². The Hall–Kier alpha value is -2.50. The van der Waals surface area contributed by atoms with Gasteiger partial charge in [0.1, 0.15) is 0 Å². The Bertz CT molecular complexity index is 679.